The van der Waals surface area contributed by atoms with Gasteiger partial charge < -0.3 is 10.1 Å². The summed E-state index contributed by atoms with van der Waals surface area (Å²) in [4.78, 5) is 21.9. The molecule has 114 valence electrons. The van der Waals surface area contributed by atoms with Crippen molar-refractivity contribution in [3.05, 3.63) is 63.2 Å². The molecular weight excluding hydrogens is 308 g/mol. The average Bonchev–Trinajstić information content (AvgIpc) is 2.49. The third kappa shape index (κ3) is 3.95. The van der Waals surface area contributed by atoms with E-state index in [1.54, 1.807) is 12.1 Å². The van der Waals surface area contributed by atoms with Crippen LogP contribution in [0.25, 0.3) is 0 Å². The number of halogens is 1. The molecule has 1 amide bonds. The van der Waals surface area contributed by atoms with E-state index < -0.39 is 4.92 Å². The molecule has 6 nitrogen and oxygen atoms in total. The van der Waals surface area contributed by atoms with Crippen molar-refractivity contribution in [1.29, 1.82) is 0 Å². The van der Waals surface area contributed by atoms with E-state index >= 15 is 0 Å². The number of benzene rings is 2. The lowest BCUT2D eigenvalue weighted by Gasteiger charge is -2.11. The molecule has 0 saturated heterocycles. The molecule has 0 aliphatic carbocycles. The van der Waals surface area contributed by atoms with Crippen LogP contribution in [0, 0.1) is 17.0 Å². The number of hydrogen-bond acceptors (Lipinski definition) is 4. The maximum absolute atomic E-state index is 11.9. The Morgan fingerprint density at radius 2 is 1.95 bits per heavy atom. The van der Waals surface area contributed by atoms with Crippen LogP contribution in [0.3, 0.4) is 0 Å². The van der Waals surface area contributed by atoms with Crippen LogP contribution in [0.2, 0.25) is 5.02 Å². The van der Waals surface area contributed by atoms with Gasteiger partial charge in [-0.1, -0.05) is 23.7 Å². The molecule has 2 aromatic carbocycles. The number of nitrogens with one attached hydrogen (secondary N) is 1. The number of carbonyl (C=O) groups excluding carboxylic acids is 1. The average molecular weight is 321 g/mol. The van der Waals surface area contributed by atoms with Gasteiger partial charge in [-0.15, -0.1) is 0 Å². The standard InChI is InChI=1S/C15H13ClN2O4/c1-10-3-2-4-13(16)15(10)17-14(19)9-22-12-7-5-11(6-8-12)18(20)21/h2-8H,9H2,1H3,(H,17,19). The molecule has 0 unspecified atom stereocenters. The monoisotopic (exact) mass is 320 g/mol. The fourth-order valence-electron chi connectivity index (χ4n) is 1.78. The molecule has 0 fully saturated rings. The van der Waals surface area contributed by atoms with Crippen LogP contribution >= 0.6 is 11.6 Å². The number of anilines is 1. The Balaban J connectivity index is 1.94. The van der Waals surface area contributed by atoms with Crippen LogP contribution < -0.4 is 10.1 Å². The van der Waals surface area contributed by atoms with Gasteiger partial charge in [-0.25, -0.2) is 0 Å². The summed E-state index contributed by atoms with van der Waals surface area (Å²) < 4.78 is 5.28. The number of para-hydroxylation sites is 1. The van der Waals surface area contributed by atoms with Gasteiger partial charge in [0.25, 0.3) is 11.6 Å². The Labute approximate surface area is 131 Å². The van der Waals surface area contributed by atoms with E-state index in [4.69, 9.17) is 16.3 Å². The summed E-state index contributed by atoms with van der Waals surface area (Å²) >= 11 is 6.02. The van der Waals surface area contributed by atoms with E-state index in [1.165, 1.54) is 24.3 Å². The normalized spacial score (nSPS) is 10.1. The molecule has 2 rings (SSSR count). The molecule has 1 N–H and O–H groups in total. The quantitative estimate of drug-likeness (QED) is 0.674. The van der Waals surface area contributed by atoms with Crippen molar-refractivity contribution in [1.82, 2.24) is 0 Å². The number of nitrogens with zero attached hydrogens (tertiary/aromatic N) is 1. The van der Waals surface area contributed by atoms with Gasteiger partial charge in [0.05, 0.1) is 15.6 Å². The predicted octanol–water partition coefficient (Wildman–Crippen LogP) is 3.57. The van der Waals surface area contributed by atoms with Crippen molar-refractivity contribution in [2.24, 2.45) is 0 Å². The number of nitro benzene ring substituents is 1. The molecule has 22 heavy (non-hydrogen) atoms. The summed E-state index contributed by atoms with van der Waals surface area (Å²) in [6.45, 7) is 1.61. The number of rotatable bonds is 5. The Kier molecular flexibility index (Phi) is 4.95. The number of non-ortho nitro benzene ring substituents is 1. The molecular formula is C15H13ClN2O4. The van der Waals surface area contributed by atoms with Crippen molar-refractivity contribution in [3.63, 3.8) is 0 Å². The van der Waals surface area contributed by atoms with E-state index in [0.717, 1.165) is 5.56 Å². The smallest absolute Gasteiger partial charge is 0.269 e. The summed E-state index contributed by atoms with van der Waals surface area (Å²) in [6.07, 6.45) is 0. The minimum Gasteiger partial charge on any atom is -0.484 e. The first-order chi connectivity index (χ1) is 10.5. The molecule has 0 aliphatic rings. The summed E-state index contributed by atoms with van der Waals surface area (Å²) in [5, 5.41) is 13.7. The molecule has 0 spiro atoms. The molecule has 7 heteroatoms. The van der Waals surface area contributed by atoms with E-state index in [9.17, 15) is 14.9 Å². The highest BCUT2D eigenvalue weighted by Crippen LogP contribution is 2.25. The summed E-state index contributed by atoms with van der Waals surface area (Å²) in [5.74, 6) is 0.00573. The van der Waals surface area contributed by atoms with Gasteiger partial charge in [-0.05, 0) is 30.7 Å². The third-order valence-corrected chi connectivity index (χ3v) is 3.22. The SMILES string of the molecule is Cc1cccc(Cl)c1NC(=O)COc1ccc([N+](=O)[O-])cc1. The van der Waals surface area contributed by atoms with Gasteiger partial charge in [0.2, 0.25) is 0 Å². The van der Waals surface area contributed by atoms with E-state index in [0.29, 0.717) is 16.5 Å². The van der Waals surface area contributed by atoms with Crippen molar-refractivity contribution < 1.29 is 14.5 Å². The second kappa shape index (κ2) is 6.91. The first-order valence-corrected chi connectivity index (χ1v) is 6.77. The highest BCUT2D eigenvalue weighted by Gasteiger charge is 2.10. The number of hydrogen-bond donors (Lipinski definition) is 1. The Hall–Kier alpha value is -2.60. The molecule has 0 atom stereocenters. The summed E-state index contributed by atoms with van der Waals surface area (Å²) in [6, 6.07) is 10.8. The maximum Gasteiger partial charge on any atom is 0.269 e. The zero-order chi connectivity index (χ0) is 16.1. The highest BCUT2D eigenvalue weighted by molar-refractivity contribution is 6.33. The van der Waals surface area contributed by atoms with Gasteiger partial charge in [-0.2, -0.15) is 0 Å². The maximum atomic E-state index is 11.9. The van der Waals surface area contributed by atoms with Gasteiger partial charge in [0, 0.05) is 12.1 Å². The fraction of sp³-hybridized carbons (Fsp3) is 0.133. The first-order valence-electron chi connectivity index (χ1n) is 6.39. The summed E-state index contributed by atoms with van der Waals surface area (Å²) in [7, 11) is 0. The third-order valence-electron chi connectivity index (χ3n) is 2.90. The van der Waals surface area contributed by atoms with Crippen molar-refractivity contribution >= 4 is 28.9 Å². The number of ether oxygens (including phenoxy) is 1. The van der Waals surface area contributed by atoms with E-state index in [1.807, 2.05) is 13.0 Å². The second-order valence-electron chi connectivity index (χ2n) is 4.52. The van der Waals surface area contributed by atoms with Gasteiger partial charge in [0.1, 0.15) is 5.75 Å². The van der Waals surface area contributed by atoms with Crippen LogP contribution in [-0.2, 0) is 4.79 Å². The lowest BCUT2D eigenvalue weighted by molar-refractivity contribution is -0.384. The molecule has 0 radical (unpaired) electrons. The van der Waals surface area contributed by atoms with Crippen LogP contribution in [0.5, 0.6) is 5.75 Å². The number of aryl methyl sites for hydroxylation is 1. The van der Waals surface area contributed by atoms with Gasteiger partial charge in [-0.3, -0.25) is 14.9 Å². The van der Waals surface area contributed by atoms with Crippen LogP contribution in [-0.4, -0.2) is 17.4 Å². The molecule has 0 aromatic heterocycles. The summed E-state index contributed by atoms with van der Waals surface area (Å²) in [5.41, 5.74) is 1.35. The Morgan fingerprint density at radius 3 is 2.55 bits per heavy atom. The highest BCUT2D eigenvalue weighted by atomic mass is 35.5. The number of amides is 1. The minimum absolute atomic E-state index is 0.0384. The Morgan fingerprint density at radius 1 is 1.27 bits per heavy atom. The first kappa shape index (κ1) is 15.8. The lowest BCUT2D eigenvalue weighted by Crippen LogP contribution is -2.20. The van der Waals surface area contributed by atoms with Gasteiger partial charge >= 0.3 is 0 Å². The minimum atomic E-state index is -0.503. The molecule has 0 heterocycles. The van der Waals surface area contributed by atoms with Crippen LogP contribution in [0.1, 0.15) is 5.56 Å². The lowest BCUT2D eigenvalue weighted by atomic mass is 10.2. The number of nitro groups is 1. The van der Waals surface area contributed by atoms with Crippen LogP contribution in [0.15, 0.2) is 42.5 Å². The molecule has 0 aliphatic heterocycles. The zero-order valence-corrected chi connectivity index (χ0v) is 12.5. The molecule has 0 bridgehead atoms. The molecule has 2 aromatic rings. The topological polar surface area (TPSA) is 81.5 Å². The largest absolute Gasteiger partial charge is 0.484 e. The molecule has 0 saturated carbocycles. The van der Waals surface area contributed by atoms with Crippen molar-refractivity contribution in [2.45, 2.75) is 6.92 Å². The Bertz CT molecular complexity index is 681. The van der Waals surface area contributed by atoms with Crippen LogP contribution in [0.4, 0.5) is 11.4 Å². The second-order valence-corrected chi connectivity index (χ2v) is 4.93. The van der Waals surface area contributed by atoms with Gasteiger partial charge in [0.15, 0.2) is 6.61 Å². The van der Waals surface area contributed by atoms with Crippen molar-refractivity contribution in [3.8, 4) is 5.75 Å². The zero-order valence-electron chi connectivity index (χ0n) is 11.7. The number of carbonyl (C=O) groups is 1. The van der Waals surface area contributed by atoms with E-state index in [2.05, 4.69) is 5.32 Å². The van der Waals surface area contributed by atoms with Crippen molar-refractivity contribution in [2.75, 3.05) is 11.9 Å². The fourth-order valence-corrected chi connectivity index (χ4v) is 2.05. The van der Waals surface area contributed by atoms with E-state index in [-0.39, 0.29) is 18.2 Å². The predicted molar refractivity (Wildman–Crippen MR) is 83.4 cm³/mol.